The number of carbonyl (C=O) groups excluding carboxylic acids is 1. The Morgan fingerprint density at radius 2 is 2.17 bits per heavy atom. The maximum Gasteiger partial charge on any atom is 0.276 e. The van der Waals surface area contributed by atoms with E-state index in [0.29, 0.717) is 30.5 Å². The fourth-order valence-corrected chi connectivity index (χ4v) is 2.95. The van der Waals surface area contributed by atoms with E-state index in [4.69, 9.17) is 9.26 Å². The highest BCUT2D eigenvalue weighted by atomic mass is 16.5. The first kappa shape index (κ1) is 15.7. The first-order chi connectivity index (χ1) is 11.1. The van der Waals surface area contributed by atoms with Crippen molar-refractivity contribution in [2.24, 2.45) is 5.92 Å². The van der Waals surface area contributed by atoms with Gasteiger partial charge in [-0.1, -0.05) is 35.5 Å². The van der Waals surface area contributed by atoms with Crippen LogP contribution < -0.4 is 0 Å². The highest BCUT2D eigenvalue weighted by molar-refractivity contribution is 5.92. The summed E-state index contributed by atoms with van der Waals surface area (Å²) in [5.41, 5.74) is 1.48. The van der Waals surface area contributed by atoms with E-state index in [9.17, 15) is 4.79 Å². The minimum absolute atomic E-state index is 0.0266. The van der Waals surface area contributed by atoms with Gasteiger partial charge in [-0.05, 0) is 25.8 Å². The van der Waals surface area contributed by atoms with Gasteiger partial charge in [0.2, 0.25) is 0 Å². The van der Waals surface area contributed by atoms with E-state index in [-0.39, 0.29) is 11.9 Å². The predicted molar refractivity (Wildman–Crippen MR) is 86.1 cm³/mol. The van der Waals surface area contributed by atoms with Crippen molar-refractivity contribution in [3.63, 3.8) is 0 Å². The molecule has 23 heavy (non-hydrogen) atoms. The Hall–Kier alpha value is -2.14. The number of hydrogen-bond acceptors (Lipinski definition) is 4. The molecular formula is C18H22N2O3. The third-order valence-electron chi connectivity index (χ3n) is 4.34. The maximum atomic E-state index is 12.9. The fraction of sp³-hybridized carbons (Fsp3) is 0.444. The van der Waals surface area contributed by atoms with Crippen LogP contribution in [0.1, 0.15) is 41.2 Å². The molecule has 0 radical (unpaired) electrons. The number of hydrogen-bond donors (Lipinski definition) is 0. The lowest BCUT2D eigenvalue weighted by Crippen LogP contribution is -2.38. The lowest BCUT2D eigenvalue weighted by atomic mass is 10.0. The van der Waals surface area contributed by atoms with Crippen LogP contribution in [0.15, 0.2) is 40.9 Å². The lowest BCUT2D eigenvalue weighted by molar-refractivity contribution is 0.0635. The summed E-state index contributed by atoms with van der Waals surface area (Å²) in [6.07, 6.45) is 0.989. The predicted octanol–water partition coefficient (Wildman–Crippen LogP) is 3.22. The van der Waals surface area contributed by atoms with Gasteiger partial charge in [-0.25, -0.2) is 0 Å². The molecule has 0 spiro atoms. The molecule has 0 N–H and O–H groups in total. The van der Waals surface area contributed by atoms with Crippen LogP contribution in [-0.4, -0.2) is 35.7 Å². The SMILES string of the molecule is Cc1cc(C(=O)N(CC2CCOC2)C(C)c2ccccc2)no1. The van der Waals surface area contributed by atoms with Gasteiger partial charge in [0.1, 0.15) is 5.76 Å². The van der Waals surface area contributed by atoms with Gasteiger partial charge in [-0.15, -0.1) is 0 Å². The minimum atomic E-state index is -0.0925. The van der Waals surface area contributed by atoms with Crippen molar-refractivity contribution in [3.05, 3.63) is 53.4 Å². The normalized spacial score (nSPS) is 18.8. The Morgan fingerprint density at radius 1 is 1.39 bits per heavy atom. The number of rotatable bonds is 5. The Balaban J connectivity index is 1.84. The molecule has 1 aliphatic heterocycles. The fourth-order valence-electron chi connectivity index (χ4n) is 2.95. The molecule has 1 amide bonds. The summed E-state index contributed by atoms with van der Waals surface area (Å²) < 4.78 is 10.5. The topological polar surface area (TPSA) is 55.6 Å². The Morgan fingerprint density at radius 3 is 2.78 bits per heavy atom. The van der Waals surface area contributed by atoms with Crippen molar-refractivity contribution < 1.29 is 14.1 Å². The number of benzene rings is 1. The van der Waals surface area contributed by atoms with Gasteiger partial charge in [0.25, 0.3) is 5.91 Å². The van der Waals surface area contributed by atoms with Crippen molar-refractivity contribution in [3.8, 4) is 0 Å². The van der Waals surface area contributed by atoms with Gasteiger partial charge in [0.15, 0.2) is 5.69 Å². The molecule has 1 saturated heterocycles. The molecular weight excluding hydrogens is 292 g/mol. The van der Waals surface area contributed by atoms with Gasteiger partial charge in [0.05, 0.1) is 12.6 Å². The van der Waals surface area contributed by atoms with Crippen LogP contribution in [0.3, 0.4) is 0 Å². The summed E-state index contributed by atoms with van der Waals surface area (Å²) in [6, 6.07) is 11.7. The molecule has 1 fully saturated rings. The lowest BCUT2D eigenvalue weighted by Gasteiger charge is -2.31. The van der Waals surface area contributed by atoms with Crippen molar-refractivity contribution in [1.29, 1.82) is 0 Å². The van der Waals surface area contributed by atoms with E-state index < -0.39 is 0 Å². The van der Waals surface area contributed by atoms with Crippen LogP contribution in [0.25, 0.3) is 0 Å². The van der Waals surface area contributed by atoms with E-state index in [1.54, 1.807) is 13.0 Å². The molecule has 2 heterocycles. The first-order valence-corrected chi connectivity index (χ1v) is 8.02. The molecule has 122 valence electrons. The highest BCUT2D eigenvalue weighted by Gasteiger charge is 2.29. The van der Waals surface area contributed by atoms with E-state index in [0.717, 1.165) is 18.6 Å². The molecule has 0 aliphatic carbocycles. The Bertz CT molecular complexity index is 647. The highest BCUT2D eigenvalue weighted by Crippen LogP contribution is 2.25. The minimum Gasteiger partial charge on any atom is -0.381 e. The summed E-state index contributed by atoms with van der Waals surface area (Å²) in [5.74, 6) is 0.924. The molecule has 3 rings (SSSR count). The number of amides is 1. The average Bonchev–Trinajstić information content (AvgIpc) is 3.24. The number of nitrogens with zero attached hydrogens (tertiary/aromatic N) is 2. The van der Waals surface area contributed by atoms with Crippen molar-refractivity contribution >= 4 is 5.91 Å². The summed E-state index contributed by atoms with van der Waals surface area (Å²) >= 11 is 0. The number of ether oxygens (including phenoxy) is 1. The van der Waals surface area contributed by atoms with Gasteiger partial charge >= 0.3 is 0 Å². The third kappa shape index (κ3) is 3.62. The van der Waals surface area contributed by atoms with Gasteiger partial charge < -0.3 is 14.2 Å². The zero-order chi connectivity index (χ0) is 16.2. The van der Waals surface area contributed by atoms with Gasteiger partial charge in [-0.2, -0.15) is 0 Å². The second-order valence-electron chi connectivity index (χ2n) is 6.10. The zero-order valence-electron chi connectivity index (χ0n) is 13.6. The largest absolute Gasteiger partial charge is 0.381 e. The van der Waals surface area contributed by atoms with Crippen molar-refractivity contribution in [1.82, 2.24) is 10.1 Å². The molecule has 5 nitrogen and oxygen atoms in total. The second kappa shape index (κ2) is 6.96. The van der Waals surface area contributed by atoms with E-state index in [1.165, 1.54) is 0 Å². The Labute approximate surface area is 136 Å². The molecule has 2 unspecified atom stereocenters. The second-order valence-corrected chi connectivity index (χ2v) is 6.10. The third-order valence-corrected chi connectivity index (χ3v) is 4.34. The summed E-state index contributed by atoms with van der Waals surface area (Å²) in [5, 5.41) is 3.89. The van der Waals surface area contributed by atoms with Crippen LogP contribution in [0.5, 0.6) is 0 Å². The van der Waals surface area contributed by atoms with Crippen LogP contribution in [0, 0.1) is 12.8 Å². The molecule has 2 atom stereocenters. The molecule has 5 heteroatoms. The molecule has 0 bridgehead atoms. The first-order valence-electron chi connectivity index (χ1n) is 8.02. The van der Waals surface area contributed by atoms with Crippen LogP contribution in [0.2, 0.25) is 0 Å². The van der Waals surface area contributed by atoms with Gasteiger partial charge in [0, 0.05) is 25.1 Å². The number of aromatic nitrogens is 1. The van der Waals surface area contributed by atoms with Crippen LogP contribution in [0.4, 0.5) is 0 Å². The quantitative estimate of drug-likeness (QED) is 0.850. The van der Waals surface area contributed by atoms with Crippen LogP contribution in [-0.2, 0) is 4.74 Å². The zero-order valence-corrected chi connectivity index (χ0v) is 13.6. The summed E-state index contributed by atoms with van der Waals surface area (Å²) in [6.45, 7) is 5.99. The van der Waals surface area contributed by atoms with Crippen molar-refractivity contribution in [2.45, 2.75) is 26.3 Å². The van der Waals surface area contributed by atoms with E-state index in [2.05, 4.69) is 12.1 Å². The Kier molecular flexibility index (Phi) is 4.76. The molecule has 1 aromatic heterocycles. The average molecular weight is 314 g/mol. The van der Waals surface area contributed by atoms with Crippen molar-refractivity contribution in [2.75, 3.05) is 19.8 Å². The summed E-state index contributed by atoms with van der Waals surface area (Å²) in [7, 11) is 0. The molecule has 1 aromatic carbocycles. The monoisotopic (exact) mass is 314 g/mol. The standard InChI is InChI=1S/C18H22N2O3/c1-13-10-17(19-23-13)18(21)20(11-15-8-9-22-12-15)14(2)16-6-4-3-5-7-16/h3-7,10,14-15H,8-9,11-12H2,1-2H3. The van der Waals surface area contributed by atoms with E-state index >= 15 is 0 Å². The summed E-state index contributed by atoms with van der Waals surface area (Å²) in [4.78, 5) is 14.8. The van der Waals surface area contributed by atoms with Crippen LogP contribution >= 0.6 is 0 Å². The molecule has 2 aromatic rings. The molecule has 1 aliphatic rings. The molecule has 0 saturated carbocycles. The number of aryl methyl sites for hydroxylation is 1. The van der Waals surface area contributed by atoms with Gasteiger partial charge in [-0.3, -0.25) is 4.79 Å². The maximum absolute atomic E-state index is 12.9. The number of carbonyl (C=O) groups is 1. The van der Waals surface area contributed by atoms with E-state index in [1.807, 2.05) is 35.2 Å². The smallest absolute Gasteiger partial charge is 0.276 e.